The van der Waals surface area contributed by atoms with Gasteiger partial charge in [-0.3, -0.25) is 0 Å². The Hall–Kier alpha value is -3.28. The number of benzene rings is 2. The lowest BCUT2D eigenvalue weighted by Crippen LogP contribution is -2.41. The Balaban J connectivity index is 2.35. The first kappa shape index (κ1) is 23.0. The maximum Gasteiger partial charge on any atom is 0.508 e. The molecule has 30 heavy (non-hydrogen) atoms. The van der Waals surface area contributed by atoms with Crippen molar-refractivity contribution in [2.24, 2.45) is 0 Å². The predicted octanol–water partition coefficient (Wildman–Crippen LogP) is 4.99. The van der Waals surface area contributed by atoms with E-state index in [4.69, 9.17) is 9.47 Å². The molecule has 0 spiro atoms. The van der Waals surface area contributed by atoms with E-state index in [0.717, 1.165) is 16.7 Å². The smallest absolute Gasteiger partial charge is 0.444 e. The van der Waals surface area contributed by atoms with Crippen LogP contribution in [0.2, 0.25) is 0 Å². The van der Waals surface area contributed by atoms with E-state index in [1.54, 1.807) is 6.08 Å². The SMILES string of the molecule is COC(=O)OC/C=C(/c1ccccc1)[C@H](Cc1ccccc1)NC(=O)OC(C)(C)C. The lowest BCUT2D eigenvalue weighted by atomic mass is 9.93. The van der Waals surface area contributed by atoms with Crippen LogP contribution in [0.5, 0.6) is 0 Å². The molecule has 0 saturated carbocycles. The molecule has 2 aromatic rings. The minimum absolute atomic E-state index is 0.0121. The summed E-state index contributed by atoms with van der Waals surface area (Å²) >= 11 is 0. The second-order valence-electron chi connectivity index (χ2n) is 7.68. The zero-order valence-electron chi connectivity index (χ0n) is 17.9. The van der Waals surface area contributed by atoms with E-state index >= 15 is 0 Å². The molecule has 1 N–H and O–H groups in total. The molecule has 0 aliphatic rings. The lowest BCUT2D eigenvalue weighted by Gasteiger charge is -2.26. The van der Waals surface area contributed by atoms with Gasteiger partial charge in [0.1, 0.15) is 12.2 Å². The number of ether oxygens (including phenoxy) is 3. The normalized spacial score (nSPS) is 12.6. The first-order valence-corrected chi connectivity index (χ1v) is 9.78. The number of alkyl carbamates (subject to hydrolysis) is 1. The van der Waals surface area contributed by atoms with E-state index in [1.807, 2.05) is 81.4 Å². The third kappa shape index (κ3) is 7.99. The highest BCUT2D eigenvalue weighted by molar-refractivity contribution is 5.76. The Morgan fingerprint density at radius 2 is 1.60 bits per heavy atom. The van der Waals surface area contributed by atoms with Gasteiger partial charge in [-0.05, 0) is 50.0 Å². The Morgan fingerprint density at radius 1 is 1.00 bits per heavy atom. The molecule has 1 amide bonds. The Kier molecular flexibility index (Phi) is 8.47. The molecular weight excluding hydrogens is 382 g/mol. The first-order valence-electron chi connectivity index (χ1n) is 9.78. The molecule has 6 heteroatoms. The van der Waals surface area contributed by atoms with Crippen molar-refractivity contribution in [1.29, 1.82) is 0 Å². The molecule has 0 aliphatic carbocycles. The van der Waals surface area contributed by atoms with Crippen LogP contribution in [0.15, 0.2) is 66.7 Å². The molecule has 0 radical (unpaired) electrons. The van der Waals surface area contributed by atoms with E-state index in [0.29, 0.717) is 6.42 Å². The van der Waals surface area contributed by atoms with Crippen LogP contribution in [-0.2, 0) is 20.6 Å². The summed E-state index contributed by atoms with van der Waals surface area (Å²) in [7, 11) is 1.26. The summed E-state index contributed by atoms with van der Waals surface area (Å²) in [6.45, 7) is 5.46. The fourth-order valence-corrected chi connectivity index (χ4v) is 2.89. The number of hydrogen-bond acceptors (Lipinski definition) is 5. The lowest BCUT2D eigenvalue weighted by molar-refractivity contribution is 0.0515. The third-order valence-corrected chi connectivity index (χ3v) is 4.13. The Bertz CT molecular complexity index is 841. The summed E-state index contributed by atoms with van der Waals surface area (Å²) in [6.07, 6.45) is 1.04. The summed E-state index contributed by atoms with van der Waals surface area (Å²) < 4.78 is 15.1. The molecule has 0 saturated heterocycles. The van der Waals surface area contributed by atoms with Crippen molar-refractivity contribution in [2.75, 3.05) is 13.7 Å². The van der Waals surface area contributed by atoms with E-state index in [2.05, 4.69) is 10.1 Å². The van der Waals surface area contributed by atoms with Crippen LogP contribution in [0.25, 0.3) is 5.57 Å². The van der Waals surface area contributed by atoms with E-state index < -0.39 is 23.9 Å². The van der Waals surface area contributed by atoms with E-state index in [-0.39, 0.29) is 6.61 Å². The quantitative estimate of drug-likeness (QED) is 0.650. The van der Waals surface area contributed by atoms with Gasteiger partial charge in [0.15, 0.2) is 0 Å². The zero-order valence-corrected chi connectivity index (χ0v) is 17.9. The van der Waals surface area contributed by atoms with Crippen LogP contribution in [0.3, 0.4) is 0 Å². The summed E-state index contributed by atoms with van der Waals surface area (Å²) in [5.41, 5.74) is 2.15. The van der Waals surface area contributed by atoms with Crippen molar-refractivity contribution >= 4 is 17.8 Å². The minimum atomic E-state index is -0.765. The molecule has 0 heterocycles. The number of carbonyl (C=O) groups excluding carboxylic acids is 2. The van der Waals surface area contributed by atoms with E-state index in [1.165, 1.54) is 7.11 Å². The van der Waals surface area contributed by atoms with Crippen molar-refractivity contribution in [2.45, 2.75) is 38.8 Å². The van der Waals surface area contributed by atoms with Crippen LogP contribution in [-0.4, -0.2) is 37.6 Å². The van der Waals surface area contributed by atoms with Gasteiger partial charge in [-0.1, -0.05) is 60.7 Å². The molecular formula is C24H29NO5. The number of hydrogen-bond donors (Lipinski definition) is 1. The van der Waals surface area contributed by atoms with Gasteiger partial charge in [-0.25, -0.2) is 9.59 Å². The zero-order chi connectivity index (χ0) is 22.0. The summed E-state index contributed by atoms with van der Waals surface area (Å²) in [4.78, 5) is 23.9. The largest absolute Gasteiger partial charge is 0.508 e. The maximum atomic E-state index is 12.6. The molecule has 0 aliphatic heterocycles. The van der Waals surface area contributed by atoms with Gasteiger partial charge in [0.05, 0.1) is 13.2 Å². The molecule has 1 atom stereocenters. The van der Waals surface area contributed by atoms with Crippen LogP contribution < -0.4 is 5.32 Å². The second-order valence-corrected chi connectivity index (χ2v) is 7.68. The summed E-state index contributed by atoms with van der Waals surface area (Å²) in [6, 6.07) is 19.1. The van der Waals surface area contributed by atoms with Gasteiger partial charge in [-0.2, -0.15) is 0 Å². The topological polar surface area (TPSA) is 73.9 Å². The average molecular weight is 411 g/mol. The Morgan fingerprint density at radius 3 is 2.17 bits per heavy atom. The molecule has 0 fully saturated rings. The second kappa shape index (κ2) is 11.0. The highest BCUT2D eigenvalue weighted by Gasteiger charge is 2.23. The minimum Gasteiger partial charge on any atom is -0.444 e. The molecule has 2 aromatic carbocycles. The highest BCUT2D eigenvalue weighted by Crippen LogP contribution is 2.22. The van der Waals surface area contributed by atoms with Gasteiger partial charge in [0, 0.05) is 0 Å². The average Bonchev–Trinajstić information content (AvgIpc) is 2.70. The molecule has 0 aromatic heterocycles. The van der Waals surface area contributed by atoms with Gasteiger partial charge >= 0.3 is 12.2 Å². The van der Waals surface area contributed by atoms with Crippen molar-refractivity contribution < 1.29 is 23.8 Å². The number of methoxy groups -OCH3 is 1. The molecule has 160 valence electrons. The van der Waals surface area contributed by atoms with Gasteiger partial charge in [0.25, 0.3) is 0 Å². The number of amides is 1. The summed E-state index contributed by atoms with van der Waals surface area (Å²) in [5.74, 6) is 0. The molecule has 2 rings (SSSR count). The predicted molar refractivity (Wildman–Crippen MR) is 116 cm³/mol. The van der Waals surface area contributed by atoms with Crippen LogP contribution in [0.4, 0.5) is 9.59 Å². The van der Waals surface area contributed by atoms with Crippen molar-refractivity contribution in [3.05, 3.63) is 77.9 Å². The fourth-order valence-electron chi connectivity index (χ4n) is 2.89. The van der Waals surface area contributed by atoms with Crippen molar-refractivity contribution in [3.63, 3.8) is 0 Å². The van der Waals surface area contributed by atoms with E-state index in [9.17, 15) is 9.59 Å². The van der Waals surface area contributed by atoms with Gasteiger partial charge < -0.3 is 19.5 Å². The van der Waals surface area contributed by atoms with Crippen molar-refractivity contribution in [3.8, 4) is 0 Å². The number of nitrogens with one attached hydrogen (secondary N) is 1. The van der Waals surface area contributed by atoms with Crippen LogP contribution in [0.1, 0.15) is 31.9 Å². The first-order chi connectivity index (χ1) is 14.3. The van der Waals surface area contributed by atoms with Crippen LogP contribution in [0, 0.1) is 0 Å². The third-order valence-electron chi connectivity index (χ3n) is 4.13. The van der Waals surface area contributed by atoms with Gasteiger partial charge in [-0.15, -0.1) is 0 Å². The van der Waals surface area contributed by atoms with Gasteiger partial charge in [0.2, 0.25) is 0 Å². The fraction of sp³-hybridized carbons (Fsp3) is 0.333. The molecule has 0 bridgehead atoms. The maximum absolute atomic E-state index is 12.6. The highest BCUT2D eigenvalue weighted by atomic mass is 16.7. The number of carbonyl (C=O) groups is 2. The summed E-state index contributed by atoms with van der Waals surface area (Å²) in [5, 5.41) is 2.97. The Labute approximate surface area is 177 Å². The molecule has 6 nitrogen and oxygen atoms in total. The standard InChI is InChI=1S/C24H29NO5/c1-24(2,3)30-22(26)25-21(17-18-11-7-5-8-12-18)20(15-16-29-23(27)28-4)19-13-9-6-10-14-19/h5-15,21H,16-17H2,1-4H3,(H,25,26)/b20-15-/t21-/m0/s1. The van der Waals surface area contributed by atoms with Crippen LogP contribution >= 0.6 is 0 Å². The monoisotopic (exact) mass is 411 g/mol. The molecule has 0 unspecified atom stereocenters. The number of rotatable bonds is 7. The van der Waals surface area contributed by atoms with Crippen molar-refractivity contribution in [1.82, 2.24) is 5.32 Å².